The van der Waals surface area contributed by atoms with Crippen molar-refractivity contribution in [1.82, 2.24) is 20.5 Å². The molecule has 1 aliphatic heterocycles. The normalized spacial score (nSPS) is 12.0. The Kier molecular flexibility index (Phi) is 11.6. The highest BCUT2D eigenvalue weighted by Crippen LogP contribution is 2.37. The second-order valence-electron chi connectivity index (χ2n) is 11.5. The summed E-state index contributed by atoms with van der Waals surface area (Å²) in [5.41, 5.74) is 6.21. The molecule has 0 spiro atoms. The van der Waals surface area contributed by atoms with Crippen molar-refractivity contribution in [2.45, 2.75) is 26.7 Å². The molecule has 47 heavy (non-hydrogen) atoms. The number of aryl methyl sites for hydroxylation is 1. The number of hydrogen-bond acceptors (Lipinski definition) is 10. The molecule has 0 unspecified atom stereocenters. The maximum Gasteiger partial charge on any atom is 0.161 e. The van der Waals surface area contributed by atoms with E-state index in [4.69, 9.17) is 18.9 Å². The third kappa shape index (κ3) is 8.99. The number of likely N-dealkylation sites (N-methyl/N-ethyl adjacent to an activating group) is 1. The number of benzene rings is 3. The monoisotopic (exact) mass is 632 g/mol. The van der Waals surface area contributed by atoms with Crippen LogP contribution in [0.5, 0.6) is 23.0 Å². The van der Waals surface area contributed by atoms with Gasteiger partial charge < -0.3 is 34.5 Å². The van der Waals surface area contributed by atoms with Gasteiger partial charge in [0.05, 0.1) is 11.1 Å². The lowest BCUT2D eigenvalue weighted by molar-refractivity contribution is 0.171. The van der Waals surface area contributed by atoms with Crippen molar-refractivity contribution in [3.8, 4) is 46.3 Å². The Morgan fingerprint density at radius 1 is 0.830 bits per heavy atom. The van der Waals surface area contributed by atoms with Crippen molar-refractivity contribution in [3.63, 3.8) is 0 Å². The van der Waals surface area contributed by atoms with E-state index in [2.05, 4.69) is 52.8 Å². The predicted octanol–water partition coefficient (Wildman–Crippen LogP) is 4.97. The largest absolute Gasteiger partial charge is 0.488 e. The average molecular weight is 633 g/mol. The van der Waals surface area contributed by atoms with Gasteiger partial charge in [0.25, 0.3) is 0 Å². The van der Waals surface area contributed by atoms with Crippen molar-refractivity contribution in [2.24, 2.45) is 0 Å². The summed E-state index contributed by atoms with van der Waals surface area (Å²) in [6, 6.07) is 21.8. The zero-order valence-corrected chi connectivity index (χ0v) is 27.1. The fourth-order valence-corrected chi connectivity index (χ4v) is 5.23. The molecule has 4 aromatic rings. The van der Waals surface area contributed by atoms with Gasteiger partial charge in [-0.15, -0.1) is 0 Å². The molecule has 1 aromatic heterocycles. The lowest BCUT2D eigenvalue weighted by atomic mass is 9.96. The fraction of sp³-hybridized carbons (Fsp3) is 0.324. The quantitative estimate of drug-likeness (QED) is 0.174. The summed E-state index contributed by atoms with van der Waals surface area (Å²) >= 11 is 0. The van der Waals surface area contributed by atoms with Crippen LogP contribution in [0.4, 0.5) is 0 Å². The Hall–Kier alpha value is -5.13. The van der Waals surface area contributed by atoms with Crippen molar-refractivity contribution in [3.05, 3.63) is 100 Å². The summed E-state index contributed by atoms with van der Waals surface area (Å²) in [5.74, 6) is 2.71. The summed E-state index contributed by atoms with van der Waals surface area (Å²) < 4.78 is 24.1. The fourth-order valence-electron chi connectivity index (χ4n) is 5.23. The van der Waals surface area contributed by atoms with Gasteiger partial charge in [-0.2, -0.15) is 10.5 Å². The molecule has 1 aliphatic rings. The first-order valence-corrected chi connectivity index (χ1v) is 15.7. The van der Waals surface area contributed by atoms with E-state index < -0.39 is 0 Å². The third-order valence-electron chi connectivity index (χ3n) is 7.71. The van der Waals surface area contributed by atoms with Gasteiger partial charge in [-0.1, -0.05) is 24.3 Å². The molecule has 2 N–H and O–H groups in total. The zero-order valence-electron chi connectivity index (χ0n) is 27.1. The van der Waals surface area contributed by atoms with E-state index in [1.54, 1.807) is 12.3 Å². The molecule has 2 heterocycles. The van der Waals surface area contributed by atoms with Gasteiger partial charge in [0.2, 0.25) is 0 Å². The molecule has 0 saturated heterocycles. The number of nitrogens with zero attached hydrogens (tertiary/aromatic N) is 4. The van der Waals surface area contributed by atoms with Gasteiger partial charge >= 0.3 is 0 Å². The first kappa shape index (κ1) is 33.2. The SMILES string of the molecule is Cc1cc(CNCCNCCN(C)C)c(OCc2cncc(C#N)c2)cc1OCc1cccc(-c2ccc3c(c2)OCCO3)c1C#N. The maximum absolute atomic E-state index is 10.2. The topological polar surface area (TPSA) is 125 Å². The van der Waals surface area contributed by atoms with Crippen LogP contribution in [0.2, 0.25) is 0 Å². The average Bonchev–Trinajstić information content (AvgIpc) is 3.09. The molecular weight excluding hydrogens is 592 g/mol. The van der Waals surface area contributed by atoms with Crippen molar-refractivity contribution in [1.29, 1.82) is 10.5 Å². The maximum atomic E-state index is 10.2. The van der Waals surface area contributed by atoms with Crippen molar-refractivity contribution in [2.75, 3.05) is 53.5 Å². The molecule has 3 aromatic carbocycles. The molecule has 0 amide bonds. The van der Waals surface area contributed by atoms with Crippen LogP contribution in [0, 0.1) is 29.6 Å². The van der Waals surface area contributed by atoms with Crippen LogP contribution < -0.4 is 29.6 Å². The van der Waals surface area contributed by atoms with Crippen LogP contribution in [-0.4, -0.2) is 63.4 Å². The van der Waals surface area contributed by atoms with Gasteiger partial charge in [0.15, 0.2) is 11.5 Å². The lowest BCUT2D eigenvalue weighted by Gasteiger charge is -2.19. The summed E-state index contributed by atoms with van der Waals surface area (Å²) in [5, 5.41) is 26.4. The van der Waals surface area contributed by atoms with Crippen molar-refractivity contribution >= 4 is 0 Å². The number of fused-ring (bicyclic) bond motifs is 1. The summed E-state index contributed by atoms with van der Waals surface area (Å²) in [6.45, 7) is 7.64. The Morgan fingerprint density at radius 2 is 1.64 bits per heavy atom. The first-order valence-electron chi connectivity index (χ1n) is 15.7. The van der Waals surface area contributed by atoms with E-state index in [1.807, 2.05) is 49.4 Å². The zero-order chi connectivity index (χ0) is 33.0. The second kappa shape index (κ2) is 16.4. The first-order chi connectivity index (χ1) is 22.9. The van der Waals surface area contributed by atoms with Crippen LogP contribution in [0.15, 0.2) is 67.0 Å². The Balaban J connectivity index is 1.32. The minimum absolute atomic E-state index is 0.200. The second-order valence-corrected chi connectivity index (χ2v) is 11.5. The van der Waals surface area contributed by atoms with E-state index in [0.717, 1.165) is 59.6 Å². The van der Waals surface area contributed by atoms with Gasteiger partial charge in [-0.05, 0) is 62.0 Å². The smallest absolute Gasteiger partial charge is 0.161 e. The van der Waals surface area contributed by atoms with Crippen molar-refractivity contribution < 1.29 is 18.9 Å². The molecule has 0 fully saturated rings. The van der Waals surface area contributed by atoms with Gasteiger partial charge in [0.1, 0.15) is 50.1 Å². The number of nitrogens with one attached hydrogen (secondary N) is 2. The predicted molar refractivity (Wildman–Crippen MR) is 180 cm³/mol. The van der Waals surface area contributed by atoms with E-state index in [1.165, 1.54) is 6.20 Å². The number of ether oxygens (including phenoxy) is 4. The highest BCUT2D eigenvalue weighted by molar-refractivity contribution is 5.74. The molecule has 0 bridgehead atoms. The molecular formula is C37H40N6O4. The lowest BCUT2D eigenvalue weighted by Crippen LogP contribution is -2.32. The molecule has 242 valence electrons. The van der Waals surface area contributed by atoms with Gasteiger partial charge in [-0.3, -0.25) is 4.98 Å². The molecule has 0 atom stereocenters. The molecule has 5 rings (SSSR count). The summed E-state index contributed by atoms with van der Waals surface area (Å²) in [4.78, 5) is 6.31. The van der Waals surface area contributed by atoms with Crippen LogP contribution in [-0.2, 0) is 19.8 Å². The number of nitriles is 2. The van der Waals surface area contributed by atoms with Gasteiger partial charge in [0, 0.05) is 67.9 Å². The van der Waals surface area contributed by atoms with E-state index in [0.29, 0.717) is 53.9 Å². The third-order valence-corrected chi connectivity index (χ3v) is 7.71. The van der Waals surface area contributed by atoms with Crippen LogP contribution >= 0.6 is 0 Å². The van der Waals surface area contributed by atoms with Crippen LogP contribution in [0.1, 0.15) is 33.4 Å². The highest BCUT2D eigenvalue weighted by atomic mass is 16.6. The van der Waals surface area contributed by atoms with Crippen LogP contribution in [0.3, 0.4) is 0 Å². The van der Waals surface area contributed by atoms with E-state index in [9.17, 15) is 10.5 Å². The Bertz CT molecular complexity index is 1760. The molecule has 0 radical (unpaired) electrons. The molecule has 0 saturated carbocycles. The Morgan fingerprint density at radius 3 is 2.45 bits per heavy atom. The Labute approximate surface area is 276 Å². The highest BCUT2D eigenvalue weighted by Gasteiger charge is 2.17. The van der Waals surface area contributed by atoms with Gasteiger partial charge in [-0.25, -0.2) is 0 Å². The summed E-state index contributed by atoms with van der Waals surface area (Å²) in [7, 11) is 4.12. The number of rotatable bonds is 15. The number of pyridine rings is 1. The van der Waals surface area contributed by atoms with E-state index in [-0.39, 0.29) is 13.2 Å². The van der Waals surface area contributed by atoms with Crippen LogP contribution in [0.25, 0.3) is 11.1 Å². The molecule has 0 aliphatic carbocycles. The molecule has 10 heteroatoms. The number of hydrogen-bond donors (Lipinski definition) is 2. The van der Waals surface area contributed by atoms with E-state index >= 15 is 0 Å². The summed E-state index contributed by atoms with van der Waals surface area (Å²) in [6.07, 6.45) is 3.23. The number of aromatic nitrogens is 1. The minimum atomic E-state index is 0.200. The minimum Gasteiger partial charge on any atom is -0.488 e. The molecule has 10 nitrogen and oxygen atoms in total. The standard InChI is InChI=1S/C37H40N6O4/c1-26-15-31(23-41-10-9-40-11-12-43(2)3)36(46-24-28-16-27(19-38)21-42-22-28)18-35(26)47-25-30-5-4-6-32(33(30)20-39)29-7-8-34-37(17-29)45-14-13-44-34/h4-8,15-18,21-22,40-41H,9-14,23-25H2,1-3H3.